The number of nitrogens with zero attached hydrogens (tertiary/aromatic N) is 1. The largest absolute Gasteiger partial charge is 0.480 e. The van der Waals surface area contributed by atoms with Crippen LogP contribution < -0.4 is 5.32 Å². The molecule has 3 atom stereocenters. The monoisotopic (exact) mass is 270 g/mol. The van der Waals surface area contributed by atoms with E-state index in [2.05, 4.69) is 12.2 Å². The summed E-state index contributed by atoms with van der Waals surface area (Å²) in [5, 5.41) is 11.8. The quantitative estimate of drug-likeness (QED) is 0.823. The number of carboxylic acids is 1. The van der Waals surface area contributed by atoms with Crippen molar-refractivity contribution in [1.29, 1.82) is 0 Å². The zero-order valence-electron chi connectivity index (χ0n) is 12.3. The lowest BCUT2D eigenvalue weighted by Crippen LogP contribution is -2.53. The first-order valence-corrected chi connectivity index (χ1v) is 7.11. The molecular formula is C14H26N2O3. The molecule has 0 saturated carbocycles. The van der Waals surface area contributed by atoms with Gasteiger partial charge in [-0.15, -0.1) is 0 Å². The van der Waals surface area contributed by atoms with Crippen LogP contribution in [0.25, 0.3) is 0 Å². The number of rotatable bonds is 4. The van der Waals surface area contributed by atoms with Gasteiger partial charge in [-0.2, -0.15) is 0 Å². The van der Waals surface area contributed by atoms with Crippen LogP contribution >= 0.6 is 0 Å². The van der Waals surface area contributed by atoms with Gasteiger partial charge in [0.25, 0.3) is 0 Å². The standard InChI is InChI=1S/C14H26N2O3/c1-9(2)7-12(13(17)18)15-14(19)16-6-5-10(3)8-11(16)4/h9-12H,5-8H2,1-4H3,(H,15,19)(H,17,18)/t10?,11?,12-/m0/s1. The smallest absolute Gasteiger partial charge is 0.326 e. The maximum atomic E-state index is 12.2. The van der Waals surface area contributed by atoms with Crippen LogP contribution in [0.1, 0.15) is 47.0 Å². The van der Waals surface area contributed by atoms with Crippen molar-refractivity contribution in [3.63, 3.8) is 0 Å². The minimum atomic E-state index is -0.958. The van der Waals surface area contributed by atoms with Crippen LogP contribution in [0.15, 0.2) is 0 Å². The van der Waals surface area contributed by atoms with Gasteiger partial charge in [0.15, 0.2) is 0 Å². The van der Waals surface area contributed by atoms with E-state index in [1.807, 2.05) is 20.8 Å². The van der Waals surface area contributed by atoms with Crippen LogP contribution in [-0.4, -0.2) is 40.6 Å². The average molecular weight is 270 g/mol. The second-order valence-corrected chi connectivity index (χ2v) is 6.14. The highest BCUT2D eigenvalue weighted by molar-refractivity contribution is 5.82. The summed E-state index contributed by atoms with van der Waals surface area (Å²) in [6.45, 7) is 8.82. The van der Waals surface area contributed by atoms with Gasteiger partial charge >= 0.3 is 12.0 Å². The number of hydrogen-bond donors (Lipinski definition) is 2. The van der Waals surface area contributed by atoms with Gasteiger partial charge in [0.2, 0.25) is 0 Å². The van der Waals surface area contributed by atoms with Crippen molar-refractivity contribution in [2.24, 2.45) is 11.8 Å². The summed E-state index contributed by atoms with van der Waals surface area (Å²) in [6.07, 6.45) is 2.43. The van der Waals surface area contributed by atoms with E-state index >= 15 is 0 Å². The molecule has 0 aromatic carbocycles. The number of piperidine rings is 1. The Morgan fingerprint density at radius 1 is 1.37 bits per heavy atom. The van der Waals surface area contributed by atoms with Crippen LogP contribution in [0.5, 0.6) is 0 Å². The minimum Gasteiger partial charge on any atom is -0.480 e. The Hall–Kier alpha value is -1.26. The molecule has 1 saturated heterocycles. The maximum Gasteiger partial charge on any atom is 0.326 e. The Labute approximate surface area is 115 Å². The third-order valence-electron chi connectivity index (χ3n) is 3.70. The van der Waals surface area contributed by atoms with Gasteiger partial charge in [-0.3, -0.25) is 0 Å². The highest BCUT2D eigenvalue weighted by Gasteiger charge is 2.29. The average Bonchev–Trinajstić information content (AvgIpc) is 2.26. The lowest BCUT2D eigenvalue weighted by molar-refractivity contribution is -0.139. The highest BCUT2D eigenvalue weighted by atomic mass is 16.4. The lowest BCUT2D eigenvalue weighted by atomic mass is 9.94. The predicted octanol–water partition coefficient (Wildman–Crippen LogP) is 2.32. The summed E-state index contributed by atoms with van der Waals surface area (Å²) >= 11 is 0. The zero-order valence-corrected chi connectivity index (χ0v) is 12.3. The fourth-order valence-corrected chi connectivity index (χ4v) is 2.63. The summed E-state index contributed by atoms with van der Waals surface area (Å²) in [6, 6.07) is -0.858. The topological polar surface area (TPSA) is 69.6 Å². The zero-order chi connectivity index (χ0) is 14.6. The SMILES string of the molecule is CC(C)C[C@H](NC(=O)N1CCC(C)CC1C)C(=O)O. The van der Waals surface area contributed by atoms with E-state index in [4.69, 9.17) is 5.11 Å². The van der Waals surface area contributed by atoms with Crippen LogP contribution in [0.4, 0.5) is 4.79 Å². The molecule has 1 aliphatic rings. The fraction of sp³-hybridized carbons (Fsp3) is 0.857. The van der Waals surface area contributed by atoms with Gasteiger partial charge in [-0.1, -0.05) is 20.8 Å². The molecule has 2 unspecified atom stereocenters. The predicted molar refractivity (Wildman–Crippen MR) is 74.0 cm³/mol. The Bertz CT molecular complexity index is 331. The molecule has 5 heteroatoms. The Morgan fingerprint density at radius 3 is 2.47 bits per heavy atom. The summed E-state index contributed by atoms with van der Waals surface area (Å²) in [5.41, 5.74) is 0. The molecule has 0 spiro atoms. The molecule has 19 heavy (non-hydrogen) atoms. The second-order valence-electron chi connectivity index (χ2n) is 6.14. The van der Waals surface area contributed by atoms with Crippen molar-refractivity contribution in [3.8, 4) is 0 Å². The molecule has 0 aromatic rings. The van der Waals surface area contributed by atoms with Crippen molar-refractivity contribution in [1.82, 2.24) is 10.2 Å². The third-order valence-corrected chi connectivity index (χ3v) is 3.70. The lowest BCUT2D eigenvalue weighted by Gasteiger charge is -2.37. The van der Waals surface area contributed by atoms with Gasteiger partial charge in [0.1, 0.15) is 6.04 Å². The van der Waals surface area contributed by atoms with Crippen LogP contribution in [-0.2, 0) is 4.79 Å². The van der Waals surface area contributed by atoms with Crippen molar-refractivity contribution in [2.45, 2.75) is 59.0 Å². The Morgan fingerprint density at radius 2 is 2.00 bits per heavy atom. The van der Waals surface area contributed by atoms with E-state index < -0.39 is 12.0 Å². The van der Waals surface area contributed by atoms with Crippen molar-refractivity contribution < 1.29 is 14.7 Å². The molecule has 1 heterocycles. The first-order chi connectivity index (χ1) is 8.81. The molecule has 2 amide bonds. The van der Waals surface area contributed by atoms with Gasteiger partial charge in [-0.25, -0.2) is 9.59 Å². The molecule has 1 aliphatic heterocycles. The Balaban J connectivity index is 2.59. The van der Waals surface area contributed by atoms with E-state index in [9.17, 15) is 9.59 Å². The first kappa shape index (κ1) is 15.8. The summed E-state index contributed by atoms with van der Waals surface area (Å²) < 4.78 is 0. The normalized spacial score (nSPS) is 25.2. The number of hydrogen-bond acceptors (Lipinski definition) is 2. The van der Waals surface area contributed by atoms with Crippen LogP contribution in [0.3, 0.4) is 0 Å². The molecule has 0 aromatic heterocycles. The van der Waals surface area contributed by atoms with Crippen molar-refractivity contribution in [3.05, 3.63) is 0 Å². The fourth-order valence-electron chi connectivity index (χ4n) is 2.63. The van der Waals surface area contributed by atoms with Crippen LogP contribution in [0.2, 0.25) is 0 Å². The van der Waals surface area contributed by atoms with Crippen LogP contribution in [0, 0.1) is 11.8 Å². The van der Waals surface area contributed by atoms with E-state index in [-0.39, 0.29) is 18.0 Å². The van der Waals surface area contributed by atoms with Crippen molar-refractivity contribution >= 4 is 12.0 Å². The van der Waals surface area contributed by atoms with Gasteiger partial charge < -0.3 is 15.3 Å². The van der Waals surface area contributed by atoms with E-state index in [1.165, 1.54) is 0 Å². The second kappa shape index (κ2) is 6.78. The highest BCUT2D eigenvalue weighted by Crippen LogP contribution is 2.22. The number of aliphatic carboxylic acids is 1. The van der Waals surface area contributed by atoms with E-state index in [0.717, 1.165) is 12.8 Å². The molecule has 2 N–H and O–H groups in total. The van der Waals surface area contributed by atoms with E-state index in [0.29, 0.717) is 18.9 Å². The number of amides is 2. The molecule has 5 nitrogen and oxygen atoms in total. The number of urea groups is 1. The molecule has 1 fully saturated rings. The molecule has 0 aliphatic carbocycles. The third kappa shape index (κ3) is 4.73. The molecule has 0 radical (unpaired) electrons. The number of carbonyl (C=O) groups is 2. The molecule has 110 valence electrons. The minimum absolute atomic E-state index is 0.178. The summed E-state index contributed by atoms with van der Waals surface area (Å²) in [4.78, 5) is 25.1. The van der Waals surface area contributed by atoms with Gasteiger partial charge in [-0.05, 0) is 38.0 Å². The number of likely N-dealkylation sites (tertiary alicyclic amines) is 1. The molecule has 1 rings (SSSR count). The molecular weight excluding hydrogens is 244 g/mol. The Kier molecular flexibility index (Phi) is 5.63. The summed E-state index contributed by atoms with van der Waals surface area (Å²) in [7, 11) is 0. The first-order valence-electron chi connectivity index (χ1n) is 7.11. The number of nitrogens with one attached hydrogen (secondary N) is 1. The van der Waals surface area contributed by atoms with Crippen molar-refractivity contribution in [2.75, 3.05) is 6.54 Å². The van der Waals surface area contributed by atoms with E-state index in [1.54, 1.807) is 4.90 Å². The summed E-state index contributed by atoms with van der Waals surface area (Å²) in [5.74, 6) is -0.0923. The number of carboxylic acid groups (broad SMARTS) is 1. The molecule has 0 bridgehead atoms. The van der Waals surface area contributed by atoms with Gasteiger partial charge in [0, 0.05) is 12.6 Å². The van der Waals surface area contributed by atoms with Gasteiger partial charge in [0.05, 0.1) is 0 Å². The number of carbonyl (C=O) groups excluding carboxylic acids is 1. The maximum absolute atomic E-state index is 12.2.